The predicted molar refractivity (Wildman–Crippen MR) is 26.5 cm³/mol. The van der Waals surface area contributed by atoms with Gasteiger partial charge < -0.3 is 0 Å². The Morgan fingerprint density at radius 1 is 1.83 bits per heavy atom. The predicted octanol–water partition coefficient (Wildman–Crippen LogP) is 0.110. The molecule has 30 valence electrons. The maximum absolute atomic E-state index is 8.53. The third-order valence-corrected chi connectivity index (χ3v) is 0.752. The second-order valence-corrected chi connectivity index (χ2v) is 1.29. The van der Waals surface area contributed by atoms with Crippen LogP contribution in [0.3, 0.4) is 0 Å². The molecule has 1 N–H and O–H groups in total. The van der Waals surface area contributed by atoms with Gasteiger partial charge in [0.25, 0.3) is 0 Å². The molecule has 0 radical (unpaired) electrons. The van der Waals surface area contributed by atoms with Crippen LogP contribution >= 0.6 is 0 Å². The van der Waals surface area contributed by atoms with Gasteiger partial charge in [-0.25, -0.2) is 0 Å². The SMILES string of the molecule is OC1=BC=CC1. The van der Waals surface area contributed by atoms with Gasteiger partial charge in [0, 0.05) is 0 Å². The van der Waals surface area contributed by atoms with Crippen molar-refractivity contribution in [3.05, 3.63) is 12.1 Å². The Morgan fingerprint density at radius 3 is 2.83 bits per heavy atom. The van der Waals surface area contributed by atoms with E-state index in [4.69, 9.17) is 5.11 Å². The molecule has 1 nitrogen and oxygen atoms in total. The Kier molecular flexibility index (Phi) is 0.786. The number of aliphatic hydroxyl groups is 1. The summed E-state index contributed by atoms with van der Waals surface area (Å²) in [6.45, 7) is 1.69. The number of hydrogen-bond donors (Lipinski definition) is 1. The van der Waals surface area contributed by atoms with Crippen molar-refractivity contribution in [3.8, 4) is 0 Å². The standard InChI is InChI=1S/C4H5BO/c6-4-2-1-3-5-4/h1,3,6H,2H2. The topological polar surface area (TPSA) is 20.2 Å². The molecule has 0 aromatic heterocycles. The molecule has 0 unspecified atom stereocenters. The third kappa shape index (κ3) is 0.508. The Balaban J connectivity index is 2.61. The van der Waals surface area contributed by atoms with E-state index in [1.807, 2.05) is 12.1 Å². The molecule has 1 heterocycles. The van der Waals surface area contributed by atoms with Crippen molar-refractivity contribution in [2.24, 2.45) is 0 Å². The van der Waals surface area contributed by atoms with Crippen LogP contribution in [-0.4, -0.2) is 17.7 Å². The van der Waals surface area contributed by atoms with Crippen LogP contribution in [0.4, 0.5) is 0 Å². The van der Waals surface area contributed by atoms with Crippen LogP contribution in [0, 0.1) is 0 Å². The molecule has 1 aliphatic heterocycles. The van der Waals surface area contributed by atoms with Gasteiger partial charge in [0.1, 0.15) is 0 Å². The molecule has 0 amide bonds. The number of hydrogen-bond acceptors (Lipinski definition) is 1. The summed E-state index contributed by atoms with van der Waals surface area (Å²) in [5.74, 6) is 1.84. The van der Waals surface area contributed by atoms with E-state index in [9.17, 15) is 0 Å². The molecular weight excluding hydrogens is 74.9 g/mol. The van der Waals surface area contributed by atoms with Crippen LogP contribution in [0.1, 0.15) is 6.42 Å². The summed E-state index contributed by atoms with van der Waals surface area (Å²) in [5, 5.41) is 8.53. The van der Waals surface area contributed by atoms with Crippen molar-refractivity contribution in [3.63, 3.8) is 0 Å². The summed E-state index contributed by atoms with van der Waals surface area (Å²) in [6, 6.07) is 0. The summed E-state index contributed by atoms with van der Waals surface area (Å²) in [7, 11) is 0. The summed E-state index contributed by atoms with van der Waals surface area (Å²) in [5.41, 5.74) is 0.468. The fourth-order valence-corrected chi connectivity index (χ4v) is 0.436. The monoisotopic (exact) mass is 80.0 g/mol. The van der Waals surface area contributed by atoms with E-state index in [1.165, 1.54) is 0 Å². The molecule has 6 heavy (non-hydrogen) atoms. The van der Waals surface area contributed by atoms with Gasteiger partial charge in [-0.2, -0.15) is 0 Å². The van der Waals surface area contributed by atoms with Crippen molar-refractivity contribution < 1.29 is 5.11 Å². The normalized spacial score (nSPS) is 17.0. The molecule has 0 bridgehead atoms. The van der Waals surface area contributed by atoms with Crippen LogP contribution in [0.25, 0.3) is 0 Å². The molecule has 0 fully saturated rings. The summed E-state index contributed by atoms with van der Waals surface area (Å²) in [6.07, 6.45) is 2.63. The fraction of sp³-hybridized carbons (Fsp3) is 0.250. The quantitative estimate of drug-likeness (QED) is 0.409. The molecule has 0 spiro atoms. The van der Waals surface area contributed by atoms with Gasteiger partial charge >= 0.3 is 36.1 Å². The van der Waals surface area contributed by atoms with Crippen LogP contribution in [0.2, 0.25) is 0 Å². The maximum atomic E-state index is 8.53. The van der Waals surface area contributed by atoms with Crippen molar-refractivity contribution in [1.82, 2.24) is 0 Å². The average molecular weight is 79.9 g/mol. The zero-order chi connectivity index (χ0) is 4.41. The van der Waals surface area contributed by atoms with E-state index in [2.05, 4.69) is 0 Å². The molecule has 0 atom stereocenters. The first kappa shape index (κ1) is 3.66. The van der Waals surface area contributed by atoms with Gasteiger partial charge in [-0.1, -0.05) is 0 Å². The van der Waals surface area contributed by atoms with E-state index >= 15 is 0 Å². The number of rotatable bonds is 0. The molecule has 0 saturated carbocycles. The van der Waals surface area contributed by atoms with Crippen LogP contribution in [0.5, 0.6) is 0 Å². The van der Waals surface area contributed by atoms with E-state index in [-0.39, 0.29) is 0 Å². The van der Waals surface area contributed by atoms with Gasteiger partial charge in [-0.3, -0.25) is 0 Å². The van der Waals surface area contributed by atoms with E-state index in [0.717, 1.165) is 6.42 Å². The second-order valence-electron chi connectivity index (χ2n) is 1.29. The van der Waals surface area contributed by atoms with Gasteiger partial charge in [0.05, 0.1) is 0 Å². The van der Waals surface area contributed by atoms with Crippen molar-refractivity contribution >= 4 is 12.6 Å². The van der Waals surface area contributed by atoms with E-state index in [1.54, 1.807) is 6.92 Å². The Labute approximate surface area is 37.2 Å². The van der Waals surface area contributed by atoms with Crippen molar-refractivity contribution in [1.29, 1.82) is 0 Å². The molecule has 0 aromatic carbocycles. The minimum atomic E-state index is 0.468. The molecule has 2 heteroatoms. The molecule has 1 aliphatic rings. The van der Waals surface area contributed by atoms with E-state index in [0.29, 0.717) is 5.65 Å². The Morgan fingerprint density at radius 2 is 2.67 bits per heavy atom. The zero-order valence-electron chi connectivity index (χ0n) is 3.39. The summed E-state index contributed by atoms with van der Waals surface area (Å²) < 4.78 is 0. The fourth-order valence-electron chi connectivity index (χ4n) is 0.436. The van der Waals surface area contributed by atoms with Gasteiger partial charge in [0.2, 0.25) is 0 Å². The molecule has 0 saturated heterocycles. The average Bonchev–Trinajstić information content (AvgIpc) is 1.86. The first-order valence-electron chi connectivity index (χ1n) is 1.94. The first-order chi connectivity index (χ1) is 2.89. The first-order valence-corrected chi connectivity index (χ1v) is 1.94. The summed E-state index contributed by atoms with van der Waals surface area (Å²) in [4.78, 5) is 0. The Bertz CT molecular complexity index is 104. The van der Waals surface area contributed by atoms with Crippen LogP contribution < -0.4 is 0 Å². The minimum absolute atomic E-state index is 0.468. The third-order valence-electron chi connectivity index (χ3n) is 0.752. The molecule has 0 aromatic rings. The number of aliphatic hydroxyl groups excluding tert-OH is 1. The zero-order valence-corrected chi connectivity index (χ0v) is 3.39. The van der Waals surface area contributed by atoms with Crippen LogP contribution in [-0.2, 0) is 0 Å². The molecule has 0 aliphatic carbocycles. The van der Waals surface area contributed by atoms with Crippen LogP contribution in [0.15, 0.2) is 12.1 Å². The van der Waals surface area contributed by atoms with Crippen molar-refractivity contribution in [2.75, 3.05) is 0 Å². The van der Waals surface area contributed by atoms with Crippen molar-refractivity contribution in [2.45, 2.75) is 6.42 Å². The van der Waals surface area contributed by atoms with Gasteiger partial charge in [0.15, 0.2) is 0 Å². The summed E-state index contributed by atoms with van der Waals surface area (Å²) >= 11 is 0. The molecule has 1 rings (SSSR count). The Hall–Kier alpha value is -0.525. The second kappa shape index (κ2) is 1.29. The molecular formula is C4H5BO. The van der Waals surface area contributed by atoms with Gasteiger partial charge in [-0.05, 0) is 0 Å². The van der Waals surface area contributed by atoms with Gasteiger partial charge in [-0.15, -0.1) is 0 Å². The van der Waals surface area contributed by atoms with E-state index < -0.39 is 0 Å².